The van der Waals surface area contributed by atoms with Crippen molar-refractivity contribution in [1.82, 2.24) is 26.6 Å². The zero-order valence-electron chi connectivity index (χ0n) is 62.1. The number of amides is 5. The minimum atomic E-state index is -2.58. The first-order valence-corrected chi connectivity index (χ1v) is 36.6. The second-order valence-electron chi connectivity index (χ2n) is 28.9. The van der Waals surface area contributed by atoms with Gasteiger partial charge in [-0.1, -0.05) is 0 Å². The van der Waals surface area contributed by atoms with Gasteiger partial charge in [0.1, 0.15) is 219 Å². The third-order valence-corrected chi connectivity index (χ3v) is 20.8. The maximum atomic E-state index is 13.0. The topological polar surface area (TPSA) is 788 Å². The summed E-state index contributed by atoms with van der Waals surface area (Å²) in [7, 11) is 0. The number of carbonyl (C=O) groups is 5. The van der Waals surface area contributed by atoms with E-state index in [1.165, 1.54) is 0 Å². The summed E-state index contributed by atoms with van der Waals surface area (Å²) >= 11 is 0. The van der Waals surface area contributed by atoms with Gasteiger partial charge in [-0.2, -0.15) is 0 Å². The van der Waals surface area contributed by atoms with Crippen molar-refractivity contribution in [2.45, 2.75) is 311 Å². The van der Waals surface area contributed by atoms with Gasteiger partial charge in [0.05, 0.1) is 59.5 Å². The molecule has 51 nitrogen and oxygen atoms in total. The molecule has 664 valence electrons. The molecule has 45 atom stereocenters. The van der Waals surface area contributed by atoms with Crippen molar-refractivity contribution in [3.63, 3.8) is 0 Å². The van der Waals surface area contributed by atoms with Crippen LogP contribution in [0.4, 0.5) is 0 Å². The van der Waals surface area contributed by atoms with Crippen molar-refractivity contribution in [2.75, 3.05) is 59.5 Å². The van der Waals surface area contributed by atoms with Gasteiger partial charge in [-0.25, -0.2) is 0 Å². The van der Waals surface area contributed by atoms with Gasteiger partial charge in [0.25, 0.3) is 0 Å². The van der Waals surface area contributed by atoms with Crippen LogP contribution in [0.25, 0.3) is 0 Å². The second kappa shape index (κ2) is 41.5. The minimum Gasteiger partial charge on any atom is -0.394 e. The summed E-state index contributed by atoms with van der Waals surface area (Å²) in [6.07, 6.45) is -83.0. The molecule has 0 unspecified atom stereocenters. The highest BCUT2D eigenvalue weighted by Crippen LogP contribution is 2.40. The van der Waals surface area contributed by atoms with Gasteiger partial charge in [-0.3, -0.25) is 24.0 Å². The molecule has 51 heteroatoms. The van der Waals surface area contributed by atoms with Crippen LogP contribution >= 0.6 is 0 Å². The first kappa shape index (κ1) is 94.6. The molecule has 29 N–H and O–H groups in total. The quantitative estimate of drug-likeness (QED) is 0.0318. The Bertz CT molecular complexity index is 3100. The van der Waals surface area contributed by atoms with Gasteiger partial charge in [-0.05, 0) is 0 Å². The van der Waals surface area contributed by atoms with E-state index in [1.54, 1.807) is 0 Å². The van der Waals surface area contributed by atoms with E-state index in [0.717, 1.165) is 34.6 Å². The highest BCUT2D eigenvalue weighted by Gasteiger charge is 2.61. The second-order valence-corrected chi connectivity index (χ2v) is 28.9. The van der Waals surface area contributed by atoms with E-state index in [-0.39, 0.29) is 0 Å². The molecule has 9 fully saturated rings. The predicted molar refractivity (Wildman–Crippen MR) is 355 cm³/mol. The summed E-state index contributed by atoms with van der Waals surface area (Å²) in [5, 5.41) is 280. The fourth-order valence-corrected chi connectivity index (χ4v) is 14.9. The number of carbonyl (C=O) groups excluding carboxylic acids is 5. The summed E-state index contributed by atoms with van der Waals surface area (Å²) in [6, 6.07) is -9.12. The molecule has 0 aromatic carbocycles. The highest BCUT2D eigenvalue weighted by atomic mass is 16.8. The van der Waals surface area contributed by atoms with Gasteiger partial charge in [0.2, 0.25) is 29.5 Å². The lowest BCUT2D eigenvalue weighted by atomic mass is 9.93. The molecule has 9 aliphatic rings. The molecule has 0 bridgehead atoms. The smallest absolute Gasteiger partial charge is 0.217 e. The summed E-state index contributed by atoms with van der Waals surface area (Å²) < 4.78 is 101. The Labute approximate surface area is 651 Å². The van der Waals surface area contributed by atoms with Crippen LogP contribution in [0.2, 0.25) is 0 Å². The monoisotopic (exact) mass is 1680 g/mol. The number of aliphatic hydroxyl groups is 24. The van der Waals surface area contributed by atoms with E-state index in [0.29, 0.717) is 0 Å². The SMILES string of the molecule is CC(=O)N[C@@H]1[C@@H](O)[C@H](O[C@@H]2O[C@H](CO)[C@@H](O[C@@H]3O[C@H](CO[C@H]4O[C@H](CO)[C@@H](O)[C@H](O)[C@@H]4O[C@@H]4O[C@H](CO)[C@@H](O[C@@H]5O[C@H](CO)[C@H](O)[C@H](O)[C@H]5O)[C@H](O)[C@H]4NC(C)=O)[C@@H](O)[C@H](O[C@H]4O[C@H](CO)[C@@H](O)[C@H](O)[C@@H]4O[C@@H]4O[C@H](CO)[C@@H](O[C@@H]5O[C@H](CO)[C@H](O)[C@H](O)[C@H]5NC(C)=O)[C@H](O)[C@H]4NC(C)=O)[C@@H]3O)[C@H](O)[C@H]2NC(C)=O)[C@@H](CO)O[C@H]1O. The molecule has 9 aliphatic heterocycles. The predicted octanol–water partition coefficient (Wildman–Crippen LogP) is -19.9. The lowest BCUT2D eigenvalue weighted by Crippen LogP contribution is -2.71. The Hall–Kier alpha value is -4.29. The van der Waals surface area contributed by atoms with Gasteiger partial charge >= 0.3 is 0 Å². The Morgan fingerprint density at radius 1 is 0.226 bits per heavy atom. The van der Waals surface area contributed by atoms with Crippen molar-refractivity contribution in [1.29, 1.82) is 0 Å². The molecule has 9 heterocycles. The minimum absolute atomic E-state index is 0.790. The molecule has 0 radical (unpaired) electrons. The van der Waals surface area contributed by atoms with Gasteiger partial charge in [0.15, 0.2) is 56.6 Å². The molecular formula is C64H107N5O46. The number of rotatable bonds is 30. The van der Waals surface area contributed by atoms with E-state index in [1.807, 2.05) is 0 Å². The van der Waals surface area contributed by atoms with Crippen molar-refractivity contribution in [2.24, 2.45) is 0 Å². The zero-order valence-corrected chi connectivity index (χ0v) is 62.1. The Morgan fingerprint density at radius 3 is 0.852 bits per heavy atom. The lowest BCUT2D eigenvalue weighted by molar-refractivity contribution is -0.398. The Balaban J connectivity index is 1.06. The van der Waals surface area contributed by atoms with Crippen LogP contribution in [-0.2, 0) is 104 Å². The number of nitrogens with one attached hydrogen (secondary N) is 5. The first-order chi connectivity index (χ1) is 54.4. The summed E-state index contributed by atoms with van der Waals surface area (Å²) in [5.74, 6) is -4.44. The standard InChI is InChI=1S/C64H107N5O46/c1-15(78)65-29-40(89)49(24(10-74)100-56(29)98)109-58-31(67-17(3)80)42(91)52(27(13-77)105-58)112-62-48(97)53(113-64-55(46(95)37(86)23(9-73)104-64)115-60-32(68-18(4)81)41(90)50(25(11-75)106-60)110-57-30(66-16(2)79)39(88)34(83)20(6-70)101-57)38(87)28(108-62)14-99-63-54(45(94)36(85)22(8-72)103-63)114-59-33(69-19(5)82)43(92)51(26(12-76)107-59)111-61-47(96)44(93)35(84)21(7-71)102-61/h20-64,70-77,83-98H,6-14H2,1-5H3,(H,65,78)(H,66,79)(H,67,80)(H,68,81)(H,69,82)/t20-,21-,22-,23-,24-,25-,26-,27-,28-,29-,30-,31-,32-,33-,34+,35+,36-,37-,38-,39-,40-,41-,42-,43-,44+,45+,46+,47-,48+,49-,50-,51-,52-,53+,54+,55+,56-,57+,58+,59+,60+,61+,62+,63+,64-/m1/s1. The molecule has 0 saturated carbocycles. The molecule has 9 saturated heterocycles. The Kier molecular flexibility index (Phi) is 34.1. The fourth-order valence-electron chi connectivity index (χ4n) is 14.9. The van der Waals surface area contributed by atoms with E-state index in [9.17, 15) is 147 Å². The Morgan fingerprint density at radius 2 is 0.478 bits per heavy atom. The number of hydrogen-bond acceptors (Lipinski definition) is 46. The maximum Gasteiger partial charge on any atom is 0.217 e. The van der Waals surface area contributed by atoms with Crippen molar-refractivity contribution < 1.29 is 227 Å². The normalized spacial score (nSPS) is 47.9. The van der Waals surface area contributed by atoms with Crippen LogP contribution in [-0.4, -0.2) is 488 Å². The summed E-state index contributed by atoms with van der Waals surface area (Å²) in [4.78, 5) is 63.4. The molecule has 0 spiro atoms. The van der Waals surface area contributed by atoms with E-state index < -0.39 is 365 Å². The molecule has 9 rings (SSSR count). The summed E-state index contributed by atoms with van der Waals surface area (Å²) in [5.41, 5.74) is 0. The maximum absolute atomic E-state index is 13.0. The molecule has 0 aliphatic carbocycles. The molecular weight excluding hydrogens is 1570 g/mol. The van der Waals surface area contributed by atoms with Gasteiger partial charge in [-0.15, -0.1) is 0 Å². The molecule has 115 heavy (non-hydrogen) atoms. The van der Waals surface area contributed by atoms with Gasteiger partial charge < -0.3 is 230 Å². The van der Waals surface area contributed by atoms with Crippen LogP contribution in [0.5, 0.6) is 0 Å². The van der Waals surface area contributed by atoms with Crippen LogP contribution in [0.3, 0.4) is 0 Å². The number of aliphatic hydroxyl groups excluding tert-OH is 24. The zero-order chi connectivity index (χ0) is 84.8. The average molecular weight is 1680 g/mol. The first-order valence-electron chi connectivity index (χ1n) is 36.6. The molecule has 0 aromatic rings. The third-order valence-electron chi connectivity index (χ3n) is 20.8. The third kappa shape index (κ3) is 21.3. The van der Waals surface area contributed by atoms with Crippen LogP contribution < -0.4 is 26.6 Å². The van der Waals surface area contributed by atoms with Gasteiger partial charge in [0, 0.05) is 34.6 Å². The van der Waals surface area contributed by atoms with E-state index in [4.69, 9.17) is 80.5 Å². The average Bonchev–Trinajstić information content (AvgIpc) is 0.769. The van der Waals surface area contributed by atoms with Crippen molar-refractivity contribution >= 4 is 29.5 Å². The number of hydrogen-bond donors (Lipinski definition) is 29. The largest absolute Gasteiger partial charge is 0.394 e. The molecule has 0 aromatic heterocycles. The fraction of sp³-hybridized carbons (Fsp3) is 0.922. The molecule has 5 amide bonds. The van der Waals surface area contributed by atoms with Crippen LogP contribution in [0.15, 0.2) is 0 Å². The van der Waals surface area contributed by atoms with E-state index >= 15 is 0 Å². The van der Waals surface area contributed by atoms with Crippen molar-refractivity contribution in [3.8, 4) is 0 Å². The lowest BCUT2D eigenvalue weighted by Gasteiger charge is -2.51. The van der Waals surface area contributed by atoms with Crippen molar-refractivity contribution in [3.05, 3.63) is 0 Å². The van der Waals surface area contributed by atoms with Crippen LogP contribution in [0.1, 0.15) is 34.6 Å². The van der Waals surface area contributed by atoms with Crippen LogP contribution in [0, 0.1) is 0 Å². The van der Waals surface area contributed by atoms with E-state index in [2.05, 4.69) is 26.6 Å². The highest BCUT2D eigenvalue weighted by molar-refractivity contribution is 5.75. The summed E-state index contributed by atoms with van der Waals surface area (Å²) in [6.45, 7) is -5.03. The number of ether oxygens (including phenoxy) is 17.